The molecule has 0 heterocycles. The predicted octanol–water partition coefficient (Wildman–Crippen LogP) is 5.93. The van der Waals surface area contributed by atoms with E-state index >= 15 is 0 Å². The first-order valence-corrected chi connectivity index (χ1v) is 12.1. The van der Waals surface area contributed by atoms with Crippen LogP contribution in [0.2, 0.25) is 0 Å². The van der Waals surface area contributed by atoms with E-state index in [9.17, 15) is 14.7 Å². The summed E-state index contributed by atoms with van der Waals surface area (Å²) in [6.07, 6.45) is 16.9. The number of unbranched alkanes of at least 4 members (excludes halogenated alkanes) is 12. The van der Waals surface area contributed by atoms with Gasteiger partial charge in [-0.05, 0) is 12.8 Å². The van der Waals surface area contributed by atoms with Crippen LogP contribution in [0.4, 0.5) is 0 Å². The Morgan fingerprint density at radius 2 is 0.800 bits per heavy atom. The molecule has 30 heavy (non-hydrogen) atoms. The van der Waals surface area contributed by atoms with Gasteiger partial charge in [-0.15, -0.1) is 0 Å². The van der Waals surface area contributed by atoms with Crippen molar-refractivity contribution in [2.45, 2.75) is 142 Å². The predicted molar refractivity (Wildman–Crippen MR) is 122 cm³/mol. The molecule has 0 spiro atoms. The number of aliphatic hydroxyl groups is 2. The number of aliphatic carboxylic acids is 2. The maximum absolute atomic E-state index is 10.4. The zero-order chi connectivity index (χ0) is 23.0. The fourth-order valence-electron chi connectivity index (χ4n) is 3.28. The Balaban J connectivity index is 0. The van der Waals surface area contributed by atoms with Crippen LogP contribution in [0.3, 0.4) is 0 Å². The molecule has 0 aliphatic heterocycles. The Hall–Kier alpha value is -1.14. The molecule has 0 fully saturated rings. The molecular weight excluding hydrogens is 384 g/mol. The lowest BCUT2D eigenvalue weighted by atomic mass is 10.0. The first-order valence-electron chi connectivity index (χ1n) is 12.1. The van der Waals surface area contributed by atoms with Crippen LogP contribution in [-0.4, -0.2) is 44.6 Å². The topological polar surface area (TPSA) is 115 Å². The van der Waals surface area contributed by atoms with Gasteiger partial charge in [-0.1, -0.05) is 104 Å². The van der Waals surface area contributed by atoms with Gasteiger partial charge in [0.15, 0.2) is 0 Å². The molecule has 2 atom stereocenters. The van der Waals surface area contributed by atoms with E-state index in [2.05, 4.69) is 13.8 Å². The van der Waals surface area contributed by atoms with E-state index in [1.54, 1.807) is 0 Å². The summed E-state index contributed by atoms with van der Waals surface area (Å²) >= 11 is 0. The van der Waals surface area contributed by atoms with Crippen molar-refractivity contribution in [2.24, 2.45) is 0 Å². The number of aliphatic hydroxyl groups excluding tert-OH is 2. The third-order valence-corrected chi connectivity index (χ3v) is 5.10. The van der Waals surface area contributed by atoms with Gasteiger partial charge in [0.25, 0.3) is 0 Å². The zero-order valence-corrected chi connectivity index (χ0v) is 19.5. The highest BCUT2D eigenvalue weighted by atomic mass is 16.4. The second kappa shape index (κ2) is 24.1. The summed E-state index contributed by atoms with van der Waals surface area (Å²) in [5.74, 6) is -1.83. The van der Waals surface area contributed by atoms with Gasteiger partial charge in [0.2, 0.25) is 0 Å². The quantitative estimate of drug-likeness (QED) is 0.177. The van der Waals surface area contributed by atoms with Gasteiger partial charge in [0, 0.05) is 0 Å². The van der Waals surface area contributed by atoms with Crippen molar-refractivity contribution in [3.05, 3.63) is 0 Å². The standard InChI is InChI=1S/C16H32O3.C8H16O3/c1-2-3-4-5-6-7-8-9-10-11-12-13-15(17)14-16(18)19;1-2-3-4-5-7(9)6-8(10)11/h15,17H,2-14H2,1H3,(H,18,19);7,9H,2-6H2,1H3,(H,10,11). The van der Waals surface area contributed by atoms with Crippen LogP contribution >= 0.6 is 0 Å². The van der Waals surface area contributed by atoms with E-state index in [4.69, 9.17) is 15.3 Å². The van der Waals surface area contributed by atoms with Crippen LogP contribution in [0.25, 0.3) is 0 Å². The largest absolute Gasteiger partial charge is 0.481 e. The summed E-state index contributed by atoms with van der Waals surface area (Å²) in [6.45, 7) is 4.32. The van der Waals surface area contributed by atoms with Crippen LogP contribution in [0.5, 0.6) is 0 Å². The van der Waals surface area contributed by atoms with Crippen molar-refractivity contribution < 1.29 is 30.0 Å². The fraction of sp³-hybridized carbons (Fsp3) is 0.917. The summed E-state index contributed by atoms with van der Waals surface area (Å²) < 4.78 is 0. The summed E-state index contributed by atoms with van der Waals surface area (Å²) in [7, 11) is 0. The summed E-state index contributed by atoms with van der Waals surface area (Å²) in [5.41, 5.74) is 0. The van der Waals surface area contributed by atoms with Gasteiger partial charge >= 0.3 is 11.9 Å². The lowest BCUT2D eigenvalue weighted by Gasteiger charge is -2.07. The third-order valence-electron chi connectivity index (χ3n) is 5.10. The van der Waals surface area contributed by atoms with E-state index in [-0.39, 0.29) is 12.8 Å². The highest BCUT2D eigenvalue weighted by molar-refractivity contribution is 5.67. The average Bonchev–Trinajstić information content (AvgIpc) is 2.65. The minimum absolute atomic E-state index is 0.113. The molecular formula is C24H48O6. The normalized spacial score (nSPS) is 12.7. The lowest BCUT2D eigenvalue weighted by molar-refractivity contribution is -0.140. The minimum Gasteiger partial charge on any atom is -0.481 e. The minimum atomic E-state index is -0.922. The molecule has 0 rings (SSSR count). The maximum atomic E-state index is 10.4. The van der Waals surface area contributed by atoms with Crippen molar-refractivity contribution in [2.75, 3.05) is 0 Å². The van der Waals surface area contributed by atoms with Gasteiger partial charge in [-0.25, -0.2) is 0 Å². The van der Waals surface area contributed by atoms with Crippen molar-refractivity contribution in [1.29, 1.82) is 0 Å². The SMILES string of the molecule is CCCCCC(O)CC(=O)O.CCCCCCCCCCCCCC(O)CC(=O)O. The molecule has 6 nitrogen and oxygen atoms in total. The van der Waals surface area contributed by atoms with E-state index < -0.39 is 24.1 Å². The highest BCUT2D eigenvalue weighted by Gasteiger charge is 2.08. The first-order chi connectivity index (χ1) is 14.3. The second-order valence-electron chi connectivity index (χ2n) is 8.32. The lowest BCUT2D eigenvalue weighted by Crippen LogP contribution is -2.12. The van der Waals surface area contributed by atoms with Crippen LogP contribution < -0.4 is 0 Å². The maximum Gasteiger partial charge on any atom is 0.305 e. The van der Waals surface area contributed by atoms with Gasteiger partial charge in [0.1, 0.15) is 0 Å². The van der Waals surface area contributed by atoms with Gasteiger partial charge in [0.05, 0.1) is 25.0 Å². The molecule has 0 aromatic heterocycles. The molecule has 4 N–H and O–H groups in total. The van der Waals surface area contributed by atoms with Crippen LogP contribution in [-0.2, 0) is 9.59 Å². The monoisotopic (exact) mass is 432 g/mol. The van der Waals surface area contributed by atoms with Gasteiger partial charge in [-0.3, -0.25) is 9.59 Å². The van der Waals surface area contributed by atoms with E-state index in [1.165, 1.54) is 57.8 Å². The van der Waals surface area contributed by atoms with E-state index in [1.807, 2.05) is 0 Å². The number of carboxylic acid groups (broad SMARTS) is 2. The highest BCUT2D eigenvalue weighted by Crippen LogP contribution is 2.13. The number of rotatable bonds is 20. The molecule has 0 aromatic rings. The second-order valence-corrected chi connectivity index (χ2v) is 8.32. The number of carbonyl (C=O) groups is 2. The van der Waals surface area contributed by atoms with E-state index in [0.717, 1.165) is 32.1 Å². The summed E-state index contributed by atoms with van der Waals surface area (Å²) in [4.78, 5) is 20.4. The molecule has 0 bridgehead atoms. The fourth-order valence-corrected chi connectivity index (χ4v) is 3.28. The molecule has 0 amide bonds. The Bertz CT molecular complexity index is 386. The Morgan fingerprint density at radius 1 is 0.533 bits per heavy atom. The van der Waals surface area contributed by atoms with Crippen molar-refractivity contribution >= 4 is 11.9 Å². The van der Waals surface area contributed by atoms with Crippen LogP contribution in [0.1, 0.15) is 129 Å². The molecule has 0 aliphatic carbocycles. The molecule has 180 valence electrons. The number of hydrogen-bond donors (Lipinski definition) is 4. The molecule has 0 aromatic carbocycles. The van der Waals surface area contributed by atoms with Crippen molar-refractivity contribution in [1.82, 2.24) is 0 Å². The van der Waals surface area contributed by atoms with Crippen LogP contribution in [0.15, 0.2) is 0 Å². The molecule has 2 unspecified atom stereocenters. The number of carboxylic acids is 2. The Kier molecular flexibility index (Phi) is 25.0. The smallest absolute Gasteiger partial charge is 0.305 e. The first kappa shape index (κ1) is 31.0. The Labute approximate surface area is 184 Å². The third kappa shape index (κ3) is 29.1. The van der Waals surface area contributed by atoms with Gasteiger partial charge < -0.3 is 20.4 Å². The molecule has 0 aliphatic rings. The Morgan fingerprint density at radius 3 is 1.13 bits per heavy atom. The molecule has 0 saturated heterocycles. The molecule has 0 radical (unpaired) electrons. The van der Waals surface area contributed by atoms with Crippen molar-refractivity contribution in [3.8, 4) is 0 Å². The van der Waals surface area contributed by atoms with Gasteiger partial charge in [-0.2, -0.15) is 0 Å². The number of hydrogen-bond acceptors (Lipinski definition) is 4. The molecule has 6 heteroatoms. The summed E-state index contributed by atoms with van der Waals surface area (Å²) in [6, 6.07) is 0. The van der Waals surface area contributed by atoms with Crippen molar-refractivity contribution in [3.63, 3.8) is 0 Å². The van der Waals surface area contributed by atoms with Crippen LogP contribution in [0, 0.1) is 0 Å². The average molecular weight is 433 g/mol. The van der Waals surface area contributed by atoms with E-state index in [0.29, 0.717) is 12.8 Å². The molecule has 0 saturated carbocycles. The summed E-state index contributed by atoms with van der Waals surface area (Å²) in [5, 5.41) is 35.2. The zero-order valence-electron chi connectivity index (χ0n) is 19.5.